The van der Waals surface area contributed by atoms with Gasteiger partial charge in [0.05, 0.1) is 24.5 Å². The van der Waals surface area contributed by atoms with Gasteiger partial charge in [-0.25, -0.2) is 4.79 Å². The number of likely N-dealkylation sites (N-methyl/N-ethyl adjacent to an activating group) is 2. The number of β-lactam (4-membered cyclic amide) rings is 1. The summed E-state index contributed by atoms with van der Waals surface area (Å²) in [7, 11) is 4.91. The number of carboxylic acid groups (broad SMARTS) is 1. The summed E-state index contributed by atoms with van der Waals surface area (Å²) in [5.41, 5.74) is 5.37. The Morgan fingerprint density at radius 1 is 1.35 bits per heavy atom. The van der Waals surface area contributed by atoms with Crippen LogP contribution in [0.2, 0.25) is 0 Å². The van der Waals surface area contributed by atoms with E-state index in [-0.39, 0.29) is 59.2 Å². The number of aliphatic carboxylic acids is 1. The van der Waals surface area contributed by atoms with Crippen molar-refractivity contribution in [1.29, 1.82) is 5.41 Å². The zero-order valence-electron chi connectivity index (χ0n) is 20.0. The van der Waals surface area contributed by atoms with Gasteiger partial charge in [-0.2, -0.15) is 0 Å². The van der Waals surface area contributed by atoms with Crippen LogP contribution in [0.1, 0.15) is 20.3 Å². The van der Waals surface area contributed by atoms with E-state index in [0.717, 1.165) is 0 Å². The molecule has 0 radical (unpaired) electrons. The Morgan fingerprint density at radius 3 is 2.56 bits per heavy atom. The molecule has 3 aliphatic heterocycles. The number of rotatable bonds is 8. The average Bonchev–Trinajstić information content (AvgIpc) is 3.29. The predicted octanol–water partition coefficient (Wildman–Crippen LogP) is -1.36. The lowest BCUT2D eigenvalue weighted by molar-refractivity contribution is -0.158. The number of carboxylic acids is 1. The molecule has 13 heteroatoms. The number of carbonyl (C=O) groups is 4. The topological polar surface area (TPSA) is 172 Å². The van der Waals surface area contributed by atoms with Crippen LogP contribution in [0, 0.1) is 17.2 Å². The molecule has 188 valence electrons. The maximum absolute atomic E-state index is 13.0. The highest BCUT2D eigenvalue weighted by molar-refractivity contribution is 8.03. The second kappa shape index (κ2) is 9.82. The molecular weight excluding hydrogens is 462 g/mol. The highest BCUT2D eigenvalue weighted by Gasteiger charge is 2.60. The summed E-state index contributed by atoms with van der Waals surface area (Å²) in [6.07, 6.45) is 0.572. The molecule has 3 amide bonds. The molecule has 2 saturated heterocycles. The van der Waals surface area contributed by atoms with Crippen LogP contribution in [0.3, 0.4) is 0 Å². The first kappa shape index (κ1) is 25.8. The lowest BCUT2D eigenvalue weighted by atomic mass is 9.78. The van der Waals surface area contributed by atoms with Crippen LogP contribution in [0.25, 0.3) is 0 Å². The molecule has 6 N–H and O–H groups in total. The van der Waals surface area contributed by atoms with Crippen molar-refractivity contribution in [3.63, 3.8) is 0 Å². The zero-order chi connectivity index (χ0) is 25.5. The van der Waals surface area contributed by atoms with Crippen molar-refractivity contribution < 1.29 is 24.3 Å². The monoisotopic (exact) mass is 495 g/mol. The first-order valence-corrected chi connectivity index (χ1v) is 12.0. The van der Waals surface area contributed by atoms with E-state index in [9.17, 15) is 24.3 Å². The van der Waals surface area contributed by atoms with Crippen LogP contribution in [0.15, 0.2) is 10.6 Å². The smallest absolute Gasteiger partial charge is 0.353 e. The molecule has 0 aliphatic carbocycles. The third kappa shape index (κ3) is 4.71. The van der Waals surface area contributed by atoms with E-state index in [1.54, 1.807) is 21.0 Å². The number of thioether (sulfide) groups is 1. The number of hydrogen-bond donors (Lipinski definition) is 5. The minimum Gasteiger partial charge on any atom is -0.477 e. The molecule has 0 spiro atoms. The first-order chi connectivity index (χ1) is 15.8. The fourth-order valence-corrected chi connectivity index (χ4v) is 6.34. The van der Waals surface area contributed by atoms with Crippen molar-refractivity contribution in [3.05, 3.63) is 10.6 Å². The third-order valence-corrected chi connectivity index (χ3v) is 8.15. The normalized spacial score (nSPS) is 28.8. The number of nitrogens with zero attached hydrogens (tertiary/aromatic N) is 3. The van der Waals surface area contributed by atoms with E-state index in [0.29, 0.717) is 17.9 Å². The Bertz CT molecular complexity index is 938. The molecule has 34 heavy (non-hydrogen) atoms. The van der Waals surface area contributed by atoms with Gasteiger partial charge in [0.25, 0.3) is 0 Å². The Kier molecular flexibility index (Phi) is 7.46. The van der Waals surface area contributed by atoms with Gasteiger partial charge in [-0.3, -0.25) is 19.8 Å². The number of nitrogens with one attached hydrogen (secondary N) is 3. The van der Waals surface area contributed by atoms with E-state index in [1.165, 1.54) is 33.5 Å². The van der Waals surface area contributed by atoms with Crippen molar-refractivity contribution >= 4 is 41.4 Å². The van der Waals surface area contributed by atoms with Gasteiger partial charge in [-0.1, -0.05) is 6.92 Å². The highest BCUT2D eigenvalue weighted by atomic mass is 32.2. The van der Waals surface area contributed by atoms with Crippen molar-refractivity contribution in [1.82, 2.24) is 25.3 Å². The van der Waals surface area contributed by atoms with E-state index in [4.69, 9.17) is 11.1 Å². The van der Waals surface area contributed by atoms with Gasteiger partial charge >= 0.3 is 5.97 Å². The molecule has 0 saturated carbocycles. The van der Waals surface area contributed by atoms with Crippen LogP contribution in [-0.2, 0) is 19.2 Å². The van der Waals surface area contributed by atoms with Gasteiger partial charge in [0, 0.05) is 49.8 Å². The molecule has 0 unspecified atom stereocenters. The maximum atomic E-state index is 13.0. The van der Waals surface area contributed by atoms with Crippen LogP contribution < -0.4 is 16.4 Å². The second-order valence-corrected chi connectivity index (χ2v) is 10.6. The van der Waals surface area contributed by atoms with Crippen molar-refractivity contribution in [2.75, 3.05) is 34.2 Å². The zero-order valence-corrected chi connectivity index (χ0v) is 20.8. The van der Waals surface area contributed by atoms with Crippen LogP contribution in [0.5, 0.6) is 0 Å². The lowest BCUT2D eigenvalue weighted by Gasteiger charge is -2.47. The molecule has 6 atom stereocenters. The molecule has 3 rings (SSSR count). The quantitative estimate of drug-likeness (QED) is 0.155. The summed E-state index contributed by atoms with van der Waals surface area (Å²) in [6.45, 7) is 4.07. The van der Waals surface area contributed by atoms with E-state index in [2.05, 4.69) is 10.6 Å². The number of amides is 3. The fourth-order valence-electron chi connectivity index (χ4n) is 4.86. The van der Waals surface area contributed by atoms with Gasteiger partial charge in [-0.05, 0) is 13.3 Å². The Hall–Kier alpha value is -2.80. The van der Waals surface area contributed by atoms with Gasteiger partial charge in [0.15, 0.2) is 5.96 Å². The second-order valence-electron chi connectivity index (χ2n) is 9.30. The van der Waals surface area contributed by atoms with Gasteiger partial charge in [0.2, 0.25) is 17.7 Å². The van der Waals surface area contributed by atoms with Crippen LogP contribution in [0.4, 0.5) is 0 Å². The predicted molar refractivity (Wildman–Crippen MR) is 127 cm³/mol. The number of carbonyl (C=O) groups excluding carboxylic acids is 3. The molecule has 12 nitrogen and oxygen atoms in total. The Labute approximate surface area is 202 Å². The van der Waals surface area contributed by atoms with Crippen LogP contribution >= 0.6 is 11.8 Å². The Morgan fingerprint density at radius 2 is 2.00 bits per heavy atom. The molecule has 0 aromatic carbocycles. The summed E-state index contributed by atoms with van der Waals surface area (Å²) in [4.78, 5) is 54.5. The van der Waals surface area contributed by atoms with Crippen molar-refractivity contribution in [2.45, 2.75) is 43.6 Å². The van der Waals surface area contributed by atoms with Crippen molar-refractivity contribution in [3.8, 4) is 0 Å². The summed E-state index contributed by atoms with van der Waals surface area (Å²) < 4.78 is 0. The number of nitrogens with two attached hydrogens (primary N) is 1. The molecule has 0 bridgehead atoms. The third-order valence-electron chi connectivity index (χ3n) is 6.63. The maximum Gasteiger partial charge on any atom is 0.353 e. The average molecular weight is 496 g/mol. The summed E-state index contributed by atoms with van der Waals surface area (Å²) >= 11 is 1.42. The lowest BCUT2D eigenvalue weighted by Crippen LogP contribution is -2.66. The van der Waals surface area contributed by atoms with E-state index >= 15 is 0 Å². The molecular formula is C21H33N7O5S. The minimum absolute atomic E-state index is 0.000903. The Balaban J connectivity index is 1.70. The molecule has 0 aromatic heterocycles. The largest absolute Gasteiger partial charge is 0.477 e. The first-order valence-electron chi connectivity index (χ1n) is 11.1. The summed E-state index contributed by atoms with van der Waals surface area (Å²) in [5.74, 6) is -2.91. The van der Waals surface area contributed by atoms with Gasteiger partial charge in [0.1, 0.15) is 5.70 Å². The summed E-state index contributed by atoms with van der Waals surface area (Å²) in [6, 6.07) is -1.19. The SMILES string of the molecule is C[C@@H](NC(=O)CN(C)C(=N)N)[C@H]1C(=O)N2C(C(=O)O)=C(S[C@@H]3CN[C@H](C(=O)N(C)C)C3)[C@H](C)[C@H]12. The number of hydrogen-bond acceptors (Lipinski definition) is 7. The molecule has 3 heterocycles. The van der Waals surface area contributed by atoms with Crippen LogP contribution in [-0.4, -0.2) is 107 Å². The van der Waals surface area contributed by atoms with E-state index in [1.807, 2.05) is 6.92 Å². The standard InChI is InChI=1S/C21H33N7O5S/c1-9-15-14(10(2)25-13(29)8-27(5)21(22)23)19(31)28(15)16(20(32)33)17(9)34-11-6-12(24-7-11)18(30)26(3)4/h9-12,14-15,24H,6-8H2,1-5H3,(H3,22,23)(H,25,29)(H,32,33)/t9-,10-,11+,12+,14-,15-/m1/s1. The van der Waals surface area contributed by atoms with E-state index < -0.39 is 17.9 Å². The highest BCUT2D eigenvalue weighted by Crippen LogP contribution is 2.51. The summed E-state index contributed by atoms with van der Waals surface area (Å²) in [5, 5.41) is 23.3. The van der Waals surface area contributed by atoms with Crippen molar-refractivity contribution in [2.24, 2.45) is 17.6 Å². The molecule has 2 fully saturated rings. The molecule has 0 aromatic rings. The van der Waals surface area contributed by atoms with Gasteiger partial charge in [-0.15, -0.1) is 11.8 Å². The minimum atomic E-state index is -1.16. The molecule has 3 aliphatic rings. The van der Waals surface area contributed by atoms with Gasteiger partial charge < -0.3 is 36.2 Å². The number of fused-ring (bicyclic) bond motifs is 1. The fraction of sp³-hybridized carbons (Fsp3) is 0.667. The number of guanidine groups is 1.